The molecule has 23 heavy (non-hydrogen) atoms. The minimum absolute atomic E-state index is 0.0770. The Kier molecular flexibility index (Phi) is 5.89. The van der Waals surface area contributed by atoms with Crippen LogP contribution in [0.1, 0.15) is 18.4 Å². The molecule has 1 aliphatic rings. The fourth-order valence-corrected chi connectivity index (χ4v) is 2.40. The van der Waals surface area contributed by atoms with Gasteiger partial charge in [-0.2, -0.15) is 5.26 Å². The van der Waals surface area contributed by atoms with Crippen molar-refractivity contribution in [2.45, 2.75) is 19.8 Å². The number of aryl methyl sites for hydroxylation is 1. The maximum absolute atomic E-state index is 12.1. The van der Waals surface area contributed by atoms with Crippen LogP contribution in [-0.4, -0.2) is 24.9 Å². The highest BCUT2D eigenvalue weighted by Crippen LogP contribution is 2.14. The van der Waals surface area contributed by atoms with Gasteiger partial charge in [0.25, 0.3) is 5.91 Å². The fourth-order valence-electron chi connectivity index (χ4n) is 2.40. The van der Waals surface area contributed by atoms with Gasteiger partial charge in [-0.15, -0.1) is 0 Å². The minimum Gasteiger partial charge on any atom is -0.331 e. The predicted molar refractivity (Wildman–Crippen MR) is 87.2 cm³/mol. The molecule has 6 heteroatoms. The maximum atomic E-state index is 12.1. The summed E-state index contributed by atoms with van der Waals surface area (Å²) in [6.45, 7) is 3.48. The van der Waals surface area contributed by atoms with E-state index in [1.165, 1.54) is 6.20 Å². The van der Waals surface area contributed by atoms with Gasteiger partial charge in [-0.05, 0) is 44.5 Å². The quantitative estimate of drug-likeness (QED) is 0.579. The maximum Gasteiger partial charge on any atom is 0.267 e. The number of amides is 2. The summed E-state index contributed by atoms with van der Waals surface area (Å²) < 4.78 is 0. The Morgan fingerprint density at radius 3 is 2.65 bits per heavy atom. The predicted octanol–water partition coefficient (Wildman–Crippen LogP) is 1.46. The minimum atomic E-state index is -0.535. The van der Waals surface area contributed by atoms with Crippen molar-refractivity contribution in [2.24, 2.45) is 5.92 Å². The zero-order valence-corrected chi connectivity index (χ0v) is 13.1. The van der Waals surface area contributed by atoms with Crippen LogP contribution in [-0.2, 0) is 9.59 Å². The van der Waals surface area contributed by atoms with E-state index >= 15 is 0 Å². The molecular weight excluding hydrogens is 292 g/mol. The molecule has 120 valence electrons. The van der Waals surface area contributed by atoms with Crippen LogP contribution < -0.4 is 16.0 Å². The van der Waals surface area contributed by atoms with Gasteiger partial charge in [0.15, 0.2) is 0 Å². The van der Waals surface area contributed by atoms with Crippen molar-refractivity contribution < 1.29 is 9.59 Å². The second kappa shape index (κ2) is 8.11. The van der Waals surface area contributed by atoms with Crippen LogP contribution in [0.15, 0.2) is 36.0 Å². The lowest BCUT2D eigenvalue weighted by Gasteiger charge is -2.20. The van der Waals surface area contributed by atoms with E-state index in [2.05, 4.69) is 16.0 Å². The standard InChI is InChI=1S/C17H20N4O2/c1-12-4-2-3-5-15(12)21-17(23)14(10-18)11-20-16(22)13-6-8-19-9-7-13/h2-5,11,13,19H,6-9H2,1H3,(H,20,22)(H,21,23)/b14-11-. The molecule has 0 saturated carbocycles. The van der Waals surface area contributed by atoms with E-state index < -0.39 is 5.91 Å². The Balaban J connectivity index is 1.98. The van der Waals surface area contributed by atoms with Crippen molar-refractivity contribution in [2.75, 3.05) is 18.4 Å². The molecule has 0 aliphatic carbocycles. The van der Waals surface area contributed by atoms with Crippen LogP contribution in [0.3, 0.4) is 0 Å². The highest BCUT2D eigenvalue weighted by Gasteiger charge is 2.20. The molecule has 1 aromatic carbocycles. The number of anilines is 1. The summed E-state index contributed by atoms with van der Waals surface area (Å²) in [5.41, 5.74) is 1.41. The highest BCUT2D eigenvalue weighted by atomic mass is 16.2. The molecule has 0 aromatic heterocycles. The number of nitrogens with one attached hydrogen (secondary N) is 3. The Hall–Kier alpha value is -2.65. The molecule has 0 bridgehead atoms. The summed E-state index contributed by atoms with van der Waals surface area (Å²) >= 11 is 0. The monoisotopic (exact) mass is 312 g/mol. The number of nitrogens with zero attached hydrogens (tertiary/aromatic N) is 1. The third-order valence-corrected chi connectivity index (χ3v) is 3.83. The van der Waals surface area contributed by atoms with E-state index in [1.54, 1.807) is 12.1 Å². The molecular formula is C17H20N4O2. The van der Waals surface area contributed by atoms with Crippen molar-refractivity contribution in [1.29, 1.82) is 5.26 Å². The Morgan fingerprint density at radius 2 is 2.00 bits per heavy atom. The largest absolute Gasteiger partial charge is 0.331 e. The summed E-state index contributed by atoms with van der Waals surface area (Å²) in [6, 6.07) is 9.12. The van der Waals surface area contributed by atoms with Gasteiger partial charge in [0, 0.05) is 17.8 Å². The van der Waals surface area contributed by atoms with E-state index in [4.69, 9.17) is 5.26 Å². The molecule has 2 rings (SSSR count). The third kappa shape index (κ3) is 4.66. The number of hydrogen-bond donors (Lipinski definition) is 3. The molecule has 1 heterocycles. The molecule has 1 aromatic rings. The second-order valence-corrected chi connectivity index (χ2v) is 5.47. The van der Waals surface area contributed by atoms with Crippen LogP contribution in [0.25, 0.3) is 0 Å². The lowest BCUT2D eigenvalue weighted by atomic mass is 9.97. The first-order valence-electron chi connectivity index (χ1n) is 7.60. The summed E-state index contributed by atoms with van der Waals surface area (Å²) in [5, 5.41) is 17.6. The summed E-state index contributed by atoms with van der Waals surface area (Å²) in [5.74, 6) is -0.762. The first-order valence-corrected chi connectivity index (χ1v) is 7.60. The Morgan fingerprint density at radius 1 is 1.30 bits per heavy atom. The van der Waals surface area contributed by atoms with Gasteiger partial charge in [0.1, 0.15) is 11.6 Å². The molecule has 3 N–H and O–H groups in total. The second-order valence-electron chi connectivity index (χ2n) is 5.47. The summed E-state index contributed by atoms with van der Waals surface area (Å²) in [4.78, 5) is 24.2. The van der Waals surface area contributed by atoms with Crippen LogP contribution in [0, 0.1) is 24.2 Å². The summed E-state index contributed by atoms with van der Waals surface area (Å²) in [6.07, 6.45) is 2.71. The van der Waals surface area contributed by atoms with Gasteiger partial charge >= 0.3 is 0 Å². The lowest BCUT2D eigenvalue weighted by molar-refractivity contribution is -0.124. The van der Waals surface area contributed by atoms with Gasteiger partial charge < -0.3 is 16.0 Å². The van der Waals surface area contributed by atoms with Crippen LogP contribution >= 0.6 is 0 Å². The number of nitriles is 1. The zero-order valence-electron chi connectivity index (χ0n) is 13.1. The average molecular weight is 312 g/mol. The van der Waals surface area contributed by atoms with Crippen molar-refractivity contribution in [3.63, 3.8) is 0 Å². The first kappa shape index (κ1) is 16.7. The molecule has 1 saturated heterocycles. The van der Waals surface area contributed by atoms with E-state index in [9.17, 15) is 9.59 Å². The van der Waals surface area contributed by atoms with Gasteiger partial charge in [0.05, 0.1) is 0 Å². The molecule has 1 fully saturated rings. The molecule has 2 amide bonds. The highest BCUT2D eigenvalue weighted by molar-refractivity contribution is 6.07. The van der Waals surface area contributed by atoms with Crippen LogP contribution in [0.5, 0.6) is 0 Å². The number of benzene rings is 1. The van der Waals surface area contributed by atoms with Gasteiger partial charge in [0.2, 0.25) is 5.91 Å². The van der Waals surface area contributed by atoms with E-state index in [1.807, 2.05) is 25.1 Å². The lowest BCUT2D eigenvalue weighted by Crippen LogP contribution is -2.36. The van der Waals surface area contributed by atoms with Crippen LogP contribution in [0.4, 0.5) is 5.69 Å². The number of para-hydroxylation sites is 1. The van der Waals surface area contributed by atoms with Gasteiger partial charge in [-0.1, -0.05) is 18.2 Å². The molecule has 0 radical (unpaired) electrons. The number of piperidine rings is 1. The average Bonchev–Trinajstić information content (AvgIpc) is 2.58. The number of rotatable bonds is 4. The Bertz CT molecular complexity index is 655. The molecule has 1 aliphatic heterocycles. The van der Waals surface area contributed by atoms with E-state index in [-0.39, 0.29) is 17.4 Å². The SMILES string of the molecule is Cc1ccccc1NC(=O)/C(C#N)=C\NC(=O)C1CCNCC1. The number of carbonyl (C=O) groups is 2. The first-order chi connectivity index (χ1) is 11.1. The fraction of sp³-hybridized carbons (Fsp3) is 0.353. The molecule has 0 atom stereocenters. The van der Waals surface area contributed by atoms with E-state index in [0.29, 0.717) is 5.69 Å². The van der Waals surface area contributed by atoms with Crippen molar-refractivity contribution >= 4 is 17.5 Å². The van der Waals surface area contributed by atoms with Crippen LogP contribution in [0.2, 0.25) is 0 Å². The van der Waals surface area contributed by atoms with Crippen molar-refractivity contribution in [1.82, 2.24) is 10.6 Å². The van der Waals surface area contributed by atoms with Gasteiger partial charge in [-0.3, -0.25) is 9.59 Å². The van der Waals surface area contributed by atoms with Crippen molar-refractivity contribution in [3.05, 3.63) is 41.6 Å². The normalized spacial score (nSPS) is 15.6. The molecule has 0 unspecified atom stereocenters. The Labute approximate surface area is 135 Å². The van der Waals surface area contributed by atoms with Crippen molar-refractivity contribution in [3.8, 4) is 6.07 Å². The van der Waals surface area contributed by atoms with Gasteiger partial charge in [-0.25, -0.2) is 0 Å². The summed E-state index contributed by atoms with van der Waals surface area (Å²) in [7, 11) is 0. The molecule has 6 nitrogen and oxygen atoms in total. The zero-order chi connectivity index (χ0) is 16.7. The number of hydrogen-bond acceptors (Lipinski definition) is 4. The topological polar surface area (TPSA) is 94.0 Å². The smallest absolute Gasteiger partial charge is 0.267 e. The molecule has 0 spiro atoms. The third-order valence-electron chi connectivity index (χ3n) is 3.83. The van der Waals surface area contributed by atoms with E-state index in [0.717, 1.165) is 31.5 Å². The number of carbonyl (C=O) groups excluding carboxylic acids is 2.